The molecule has 0 spiro atoms. The van der Waals surface area contributed by atoms with Crippen LogP contribution < -0.4 is 10.0 Å². The van der Waals surface area contributed by atoms with E-state index in [0.29, 0.717) is 18.4 Å². The average Bonchev–Trinajstić information content (AvgIpc) is 3.24. The van der Waals surface area contributed by atoms with Crippen LogP contribution >= 0.6 is 0 Å². The zero-order valence-electron chi connectivity index (χ0n) is 20.6. The van der Waals surface area contributed by atoms with Crippen LogP contribution in [0.5, 0.6) is 0 Å². The summed E-state index contributed by atoms with van der Waals surface area (Å²) >= 11 is 0. The summed E-state index contributed by atoms with van der Waals surface area (Å²) in [4.78, 5) is 9.60. The fourth-order valence-corrected chi connectivity index (χ4v) is 5.82. The first kappa shape index (κ1) is 25.5. The van der Waals surface area contributed by atoms with Gasteiger partial charge in [0.05, 0.1) is 16.3 Å². The van der Waals surface area contributed by atoms with Gasteiger partial charge in [-0.15, -0.1) is 0 Å². The lowest BCUT2D eigenvalue weighted by molar-refractivity contribution is 0.203. The molecular weight excluding hydrogens is 464 g/mol. The Balaban J connectivity index is 1.69. The number of nitrogens with zero attached hydrogens (tertiary/aromatic N) is 4. The molecule has 3 N–H and O–H groups in total. The molecule has 10 heteroatoms. The van der Waals surface area contributed by atoms with Crippen molar-refractivity contribution in [2.75, 3.05) is 25.0 Å². The van der Waals surface area contributed by atoms with Crippen LogP contribution in [0, 0.1) is 5.92 Å². The lowest BCUT2D eigenvalue weighted by atomic mass is 9.84. The predicted octanol–water partition coefficient (Wildman–Crippen LogP) is 4.12. The second kappa shape index (κ2) is 11.5. The minimum atomic E-state index is -3.52. The Labute approximate surface area is 207 Å². The summed E-state index contributed by atoms with van der Waals surface area (Å²) in [5.41, 5.74) is 2.38. The molecule has 1 aromatic carbocycles. The summed E-state index contributed by atoms with van der Waals surface area (Å²) in [6.45, 7) is 5.30. The van der Waals surface area contributed by atoms with Crippen LogP contribution in [0.1, 0.15) is 64.8 Å². The lowest BCUT2D eigenvalue weighted by Crippen LogP contribution is -2.22. The Morgan fingerprint density at radius 2 is 1.86 bits per heavy atom. The number of aliphatic hydroxyl groups excluding tert-OH is 1. The zero-order chi connectivity index (χ0) is 24.8. The van der Waals surface area contributed by atoms with Crippen molar-refractivity contribution in [3.63, 3.8) is 0 Å². The average molecular weight is 501 g/mol. The number of aromatic nitrogens is 4. The van der Waals surface area contributed by atoms with Gasteiger partial charge in [-0.25, -0.2) is 22.8 Å². The second-order valence-corrected chi connectivity index (χ2v) is 11.0. The number of aliphatic hydroxyl groups is 1. The molecule has 0 saturated heterocycles. The number of sulfonamides is 1. The van der Waals surface area contributed by atoms with Crippen LogP contribution in [0.4, 0.5) is 5.95 Å². The van der Waals surface area contributed by atoms with Crippen molar-refractivity contribution >= 4 is 27.0 Å². The number of fused-ring (bicyclic) bond motifs is 1. The van der Waals surface area contributed by atoms with Gasteiger partial charge in [-0.05, 0) is 56.6 Å². The normalized spacial score (nSPS) is 18.7. The van der Waals surface area contributed by atoms with Crippen LogP contribution in [-0.2, 0) is 10.0 Å². The minimum absolute atomic E-state index is 0.229. The molecule has 35 heavy (non-hydrogen) atoms. The highest BCUT2D eigenvalue weighted by Gasteiger charge is 2.26. The number of unbranched alkanes of at least 4 members (excludes halogenated alkanes) is 1. The van der Waals surface area contributed by atoms with Crippen LogP contribution in [0.25, 0.3) is 22.3 Å². The number of benzene rings is 1. The van der Waals surface area contributed by atoms with E-state index in [-0.39, 0.29) is 17.5 Å². The zero-order valence-corrected chi connectivity index (χ0v) is 21.4. The quantitative estimate of drug-likeness (QED) is 0.339. The van der Waals surface area contributed by atoms with Crippen LogP contribution in [0.2, 0.25) is 0 Å². The highest BCUT2D eigenvalue weighted by atomic mass is 32.2. The first-order valence-corrected chi connectivity index (χ1v) is 14.1. The molecule has 4 rings (SSSR count). The van der Waals surface area contributed by atoms with Crippen molar-refractivity contribution in [1.82, 2.24) is 24.5 Å². The van der Waals surface area contributed by atoms with Gasteiger partial charge in [-0.3, -0.25) is 0 Å². The van der Waals surface area contributed by atoms with Crippen molar-refractivity contribution in [3.05, 3.63) is 30.5 Å². The first-order valence-electron chi connectivity index (χ1n) is 12.7. The summed E-state index contributed by atoms with van der Waals surface area (Å²) in [5, 5.41) is 18.5. The van der Waals surface area contributed by atoms with E-state index in [4.69, 9.17) is 10.1 Å². The van der Waals surface area contributed by atoms with Gasteiger partial charge in [0.15, 0.2) is 5.65 Å². The van der Waals surface area contributed by atoms with Crippen LogP contribution in [-0.4, -0.2) is 53.0 Å². The predicted molar refractivity (Wildman–Crippen MR) is 138 cm³/mol. The second-order valence-electron chi connectivity index (χ2n) is 9.22. The smallest absolute Gasteiger partial charge is 0.240 e. The highest BCUT2D eigenvalue weighted by Crippen LogP contribution is 2.37. The van der Waals surface area contributed by atoms with Crippen molar-refractivity contribution < 1.29 is 13.5 Å². The summed E-state index contributed by atoms with van der Waals surface area (Å²) in [6.07, 6.45) is 8.91. The summed E-state index contributed by atoms with van der Waals surface area (Å²) < 4.78 is 29.3. The lowest BCUT2D eigenvalue weighted by Gasteiger charge is -2.28. The Morgan fingerprint density at radius 3 is 2.51 bits per heavy atom. The standard InChI is InChI=1S/C25H36N6O3S/c1-3-5-15-26-25-27-17-22-23(19-8-12-21(13-9-19)35(33,34)28-4-2)30-31(24(22)29-25)20-10-6-18(7-11-20)14-16-32/h8-9,12-13,17-18,20,28,32H,3-7,10-11,14-16H2,1-2H3,(H,26,27,29). The molecule has 2 heterocycles. The Hall–Kier alpha value is -2.56. The molecule has 0 aliphatic heterocycles. The van der Waals surface area contributed by atoms with Gasteiger partial charge in [-0.1, -0.05) is 32.4 Å². The van der Waals surface area contributed by atoms with E-state index in [0.717, 1.165) is 73.8 Å². The third kappa shape index (κ3) is 5.82. The third-order valence-electron chi connectivity index (χ3n) is 6.73. The molecule has 9 nitrogen and oxygen atoms in total. The minimum Gasteiger partial charge on any atom is -0.396 e. The van der Waals surface area contributed by atoms with E-state index in [1.807, 2.05) is 10.9 Å². The number of hydrogen-bond donors (Lipinski definition) is 3. The maximum atomic E-state index is 12.3. The van der Waals surface area contributed by atoms with Gasteiger partial charge in [0.2, 0.25) is 16.0 Å². The van der Waals surface area contributed by atoms with Crippen molar-refractivity contribution in [3.8, 4) is 11.3 Å². The van der Waals surface area contributed by atoms with E-state index in [2.05, 4.69) is 21.9 Å². The van der Waals surface area contributed by atoms with Gasteiger partial charge < -0.3 is 10.4 Å². The molecule has 1 fully saturated rings. The number of rotatable bonds is 11. The molecule has 0 unspecified atom stereocenters. The molecule has 2 aromatic heterocycles. The van der Waals surface area contributed by atoms with E-state index < -0.39 is 10.0 Å². The first-order chi connectivity index (χ1) is 17.0. The molecule has 1 saturated carbocycles. The summed E-state index contributed by atoms with van der Waals surface area (Å²) in [6, 6.07) is 7.04. The molecule has 3 aromatic rings. The molecule has 190 valence electrons. The topological polar surface area (TPSA) is 122 Å². The molecule has 0 atom stereocenters. The van der Waals surface area contributed by atoms with E-state index in [9.17, 15) is 13.5 Å². The fourth-order valence-electron chi connectivity index (χ4n) is 4.78. The Morgan fingerprint density at radius 1 is 1.11 bits per heavy atom. The maximum absolute atomic E-state index is 12.3. The number of hydrogen-bond acceptors (Lipinski definition) is 7. The third-order valence-corrected chi connectivity index (χ3v) is 8.30. The van der Waals surface area contributed by atoms with Crippen molar-refractivity contribution in [1.29, 1.82) is 0 Å². The van der Waals surface area contributed by atoms with Crippen molar-refractivity contribution in [2.24, 2.45) is 5.92 Å². The molecule has 0 radical (unpaired) electrons. The molecule has 0 amide bonds. The Bertz CT molecular complexity index is 1220. The largest absolute Gasteiger partial charge is 0.396 e. The molecular formula is C25H36N6O3S. The van der Waals surface area contributed by atoms with Gasteiger partial charge in [-0.2, -0.15) is 10.1 Å². The van der Waals surface area contributed by atoms with E-state index in [1.165, 1.54) is 0 Å². The monoisotopic (exact) mass is 500 g/mol. The van der Waals surface area contributed by atoms with E-state index in [1.54, 1.807) is 31.2 Å². The highest BCUT2D eigenvalue weighted by molar-refractivity contribution is 7.89. The van der Waals surface area contributed by atoms with E-state index >= 15 is 0 Å². The number of anilines is 1. The number of nitrogens with one attached hydrogen (secondary N) is 2. The molecule has 0 bridgehead atoms. The Kier molecular flexibility index (Phi) is 8.35. The summed E-state index contributed by atoms with van der Waals surface area (Å²) in [5.74, 6) is 1.16. The maximum Gasteiger partial charge on any atom is 0.240 e. The summed E-state index contributed by atoms with van der Waals surface area (Å²) in [7, 11) is -3.52. The molecule has 1 aliphatic rings. The van der Waals surface area contributed by atoms with Crippen LogP contribution in [0.3, 0.4) is 0 Å². The van der Waals surface area contributed by atoms with Gasteiger partial charge in [0, 0.05) is 31.5 Å². The van der Waals surface area contributed by atoms with Gasteiger partial charge in [0.1, 0.15) is 5.69 Å². The molecule has 1 aliphatic carbocycles. The van der Waals surface area contributed by atoms with Gasteiger partial charge >= 0.3 is 0 Å². The van der Waals surface area contributed by atoms with Crippen LogP contribution in [0.15, 0.2) is 35.4 Å². The van der Waals surface area contributed by atoms with Crippen molar-refractivity contribution in [2.45, 2.75) is 69.7 Å². The SMILES string of the molecule is CCCCNc1ncc2c(-c3ccc(S(=O)(=O)NCC)cc3)nn(C3CCC(CCO)CC3)c2n1. The van der Waals surface area contributed by atoms with Gasteiger partial charge in [0.25, 0.3) is 0 Å². The fraction of sp³-hybridized carbons (Fsp3) is 0.560.